The molecule has 0 radical (unpaired) electrons. The van der Waals surface area contributed by atoms with Crippen LogP contribution in [-0.4, -0.2) is 41.6 Å². The highest BCUT2D eigenvalue weighted by molar-refractivity contribution is 7.11. The van der Waals surface area contributed by atoms with Crippen LogP contribution in [0.5, 0.6) is 0 Å². The topological polar surface area (TPSA) is 79.7 Å². The van der Waals surface area contributed by atoms with E-state index in [1.165, 1.54) is 4.90 Å². The highest BCUT2D eigenvalue weighted by Gasteiger charge is 2.30. The summed E-state index contributed by atoms with van der Waals surface area (Å²) in [5.41, 5.74) is 0.541. The largest absolute Gasteiger partial charge is 0.478 e. The van der Waals surface area contributed by atoms with E-state index in [-0.39, 0.29) is 17.4 Å². The van der Waals surface area contributed by atoms with Crippen LogP contribution in [0.4, 0.5) is 5.00 Å². The van der Waals surface area contributed by atoms with Crippen LogP contribution in [0, 0.1) is 12.8 Å². The number of aromatic carboxylic acids is 1. The first-order valence-electron chi connectivity index (χ1n) is 5.57. The predicted molar refractivity (Wildman–Crippen MR) is 66.1 cm³/mol. The minimum atomic E-state index is -1.06. The van der Waals surface area contributed by atoms with Gasteiger partial charge in [-0.1, -0.05) is 0 Å². The van der Waals surface area contributed by atoms with Gasteiger partial charge < -0.3 is 14.7 Å². The number of carboxylic acid groups (broad SMARTS) is 1. The predicted octanol–water partition coefficient (Wildman–Crippen LogP) is 1.15. The Bertz CT molecular complexity index is 479. The van der Waals surface area contributed by atoms with Crippen LogP contribution in [0.2, 0.25) is 0 Å². The molecule has 0 aliphatic carbocycles. The van der Waals surface area contributed by atoms with Crippen molar-refractivity contribution in [2.24, 2.45) is 5.92 Å². The third-order valence-electron chi connectivity index (χ3n) is 2.97. The lowest BCUT2D eigenvalue weighted by Gasteiger charge is -2.18. The van der Waals surface area contributed by atoms with Crippen LogP contribution in [0.1, 0.15) is 22.5 Å². The average Bonchev–Trinajstić information content (AvgIpc) is 2.95. The summed E-state index contributed by atoms with van der Waals surface area (Å²) in [7, 11) is 1.58. The Morgan fingerprint density at radius 3 is 2.83 bits per heavy atom. The molecular formula is C11H14N2O4S. The van der Waals surface area contributed by atoms with E-state index in [0.29, 0.717) is 30.3 Å². The molecule has 1 aromatic heterocycles. The van der Waals surface area contributed by atoms with Gasteiger partial charge >= 0.3 is 5.97 Å². The highest BCUT2D eigenvalue weighted by Crippen LogP contribution is 2.29. The van der Waals surface area contributed by atoms with Crippen molar-refractivity contribution in [3.8, 4) is 0 Å². The summed E-state index contributed by atoms with van der Waals surface area (Å²) < 4.78 is 9.17. The third kappa shape index (κ3) is 2.23. The summed E-state index contributed by atoms with van der Waals surface area (Å²) >= 11 is 1.03. The number of aryl methyl sites for hydroxylation is 1. The van der Waals surface area contributed by atoms with Crippen LogP contribution in [-0.2, 0) is 9.53 Å². The Morgan fingerprint density at radius 2 is 2.28 bits per heavy atom. The Balaban J connectivity index is 2.25. The van der Waals surface area contributed by atoms with E-state index in [4.69, 9.17) is 9.84 Å². The summed E-state index contributed by atoms with van der Waals surface area (Å²) in [4.78, 5) is 24.7. The number of carboxylic acids is 1. The maximum absolute atomic E-state index is 12.2. The summed E-state index contributed by atoms with van der Waals surface area (Å²) in [6.45, 7) is 2.61. The van der Waals surface area contributed by atoms with Gasteiger partial charge in [-0.15, -0.1) is 0 Å². The third-order valence-corrected chi connectivity index (χ3v) is 3.99. The van der Waals surface area contributed by atoms with Crippen molar-refractivity contribution in [2.75, 3.05) is 25.2 Å². The van der Waals surface area contributed by atoms with Crippen molar-refractivity contribution < 1.29 is 19.4 Å². The van der Waals surface area contributed by atoms with Gasteiger partial charge in [0.25, 0.3) is 0 Å². The number of anilines is 1. The molecule has 1 fully saturated rings. The fraction of sp³-hybridized carbons (Fsp3) is 0.545. The molecule has 0 aromatic carbocycles. The second kappa shape index (κ2) is 5.03. The lowest BCUT2D eigenvalue weighted by Crippen LogP contribution is -2.33. The molecule has 1 saturated heterocycles. The number of carbonyl (C=O) groups is 2. The first-order chi connectivity index (χ1) is 8.52. The smallest absolute Gasteiger partial charge is 0.340 e. The summed E-state index contributed by atoms with van der Waals surface area (Å²) in [5, 5.41) is 9.52. The SMILES string of the molecule is Cc1nsc(N(C)C(=O)C2CCOC2)c1C(=O)O. The molecule has 1 aliphatic heterocycles. The standard InChI is InChI=1S/C11H14N2O4S/c1-6-8(11(15)16)10(18-12-6)13(2)9(14)7-3-4-17-5-7/h7H,3-5H2,1-2H3,(H,15,16). The number of carbonyl (C=O) groups excluding carboxylic acids is 1. The Morgan fingerprint density at radius 1 is 1.56 bits per heavy atom. The maximum Gasteiger partial charge on any atom is 0.340 e. The lowest BCUT2D eigenvalue weighted by molar-refractivity contribution is -0.122. The van der Waals surface area contributed by atoms with E-state index in [1.54, 1.807) is 14.0 Å². The normalized spacial score (nSPS) is 18.9. The zero-order valence-electron chi connectivity index (χ0n) is 10.2. The van der Waals surface area contributed by atoms with Crippen LogP contribution >= 0.6 is 11.5 Å². The molecule has 1 atom stereocenters. The monoisotopic (exact) mass is 270 g/mol. The van der Waals surface area contributed by atoms with Crippen LogP contribution in [0.15, 0.2) is 0 Å². The van der Waals surface area contributed by atoms with Gasteiger partial charge in [-0.05, 0) is 24.9 Å². The number of amides is 1. The van der Waals surface area contributed by atoms with E-state index in [9.17, 15) is 9.59 Å². The van der Waals surface area contributed by atoms with E-state index >= 15 is 0 Å². The van der Waals surface area contributed by atoms with E-state index in [0.717, 1.165) is 11.5 Å². The van der Waals surface area contributed by atoms with Gasteiger partial charge in [-0.3, -0.25) is 4.79 Å². The Labute approximate surface area is 108 Å². The molecule has 1 N–H and O–H groups in total. The fourth-order valence-corrected chi connectivity index (χ4v) is 2.79. The minimum absolute atomic E-state index is 0.106. The molecule has 7 heteroatoms. The second-order valence-electron chi connectivity index (χ2n) is 4.21. The molecule has 6 nitrogen and oxygen atoms in total. The van der Waals surface area contributed by atoms with Gasteiger partial charge in [-0.25, -0.2) is 4.79 Å². The molecule has 18 heavy (non-hydrogen) atoms. The number of rotatable bonds is 3. The molecule has 0 bridgehead atoms. The molecule has 1 unspecified atom stereocenters. The van der Waals surface area contributed by atoms with Crippen LogP contribution in [0.3, 0.4) is 0 Å². The number of hydrogen-bond acceptors (Lipinski definition) is 5. The molecule has 1 aliphatic rings. The van der Waals surface area contributed by atoms with Gasteiger partial charge in [-0.2, -0.15) is 4.37 Å². The fourth-order valence-electron chi connectivity index (χ4n) is 1.94. The van der Waals surface area contributed by atoms with Crippen LogP contribution < -0.4 is 4.90 Å². The Hall–Kier alpha value is -1.47. The maximum atomic E-state index is 12.2. The van der Waals surface area contributed by atoms with Gasteiger partial charge in [0, 0.05) is 13.7 Å². The molecule has 98 valence electrons. The summed E-state index contributed by atoms with van der Waals surface area (Å²) in [5.74, 6) is -1.35. The first-order valence-corrected chi connectivity index (χ1v) is 6.34. The Kier molecular flexibility index (Phi) is 3.63. The van der Waals surface area contributed by atoms with Crippen molar-refractivity contribution in [1.82, 2.24) is 4.37 Å². The van der Waals surface area contributed by atoms with Gasteiger partial charge in [0.1, 0.15) is 10.6 Å². The molecule has 2 rings (SSSR count). The lowest BCUT2D eigenvalue weighted by atomic mass is 10.1. The average molecular weight is 270 g/mol. The molecule has 1 aromatic rings. The van der Waals surface area contributed by atoms with E-state index in [2.05, 4.69) is 4.37 Å². The number of nitrogens with zero attached hydrogens (tertiary/aromatic N) is 2. The van der Waals surface area contributed by atoms with Gasteiger partial charge in [0.15, 0.2) is 0 Å². The second-order valence-corrected chi connectivity index (χ2v) is 4.96. The minimum Gasteiger partial charge on any atom is -0.478 e. The van der Waals surface area contributed by atoms with Crippen molar-refractivity contribution in [1.29, 1.82) is 0 Å². The molecule has 2 heterocycles. The number of ether oxygens (including phenoxy) is 1. The van der Waals surface area contributed by atoms with E-state index in [1.807, 2.05) is 0 Å². The highest BCUT2D eigenvalue weighted by atomic mass is 32.1. The number of hydrogen-bond donors (Lipinski definition) is 1. The molecular weight excluding hydrogens is 256 g/mol. The van der Waals surface area contributed by atoms with E-state index < -0.39 is 5.97 Å². The van der Waals surface area contributed by atoms with Crippen LogP contribution in [0.25, 0.3) is 0 Å². The quantitative estimate of drug-likeness (QED) is 0.891. The first kappa shape index (κ1) is 13.0. The number of aromatic nitrogens is 1. The van der Waals surface area contributed by atoms with Crippen molar-refractivity contribution in [2.45, 2.75) is 13.3 Å². The van der Waals surface area contributed by atoms with Crippen molar-refractivity contribution in [3.05, 3.63) is 11.3 Å². The molecule has 1 amide bonds. The van der Waals surface area contributed by atoms with Gasteiger partial charge in [0.2, 0.25) is 5.91 Å². The zero-order valence-corrected chi connectivity index (χ0v) is 11.0. The zero-order chi connectivity index (χ0) is 13.3. The summed E-state index contributed by atoms with van der Waals surface area (Å²) in [6.07, 6.45) is 0.684. The molecule has 0 saturated carbocycles. The van der Waals surface area contributed by atoms with Crippen molar-refractivity contribution in [3.63, 3.8) is 0 Å². The van der Waals surface area contributed by atoms with Crippen molar-refractivity contribution >= 4 is 28.4 Å². The summed E-state index contributed by atoms with van der Waals surface area (Å²) in [6, 6.07) is 0. The van der Waals surface area contributed by atoms with Gasteiger partial charge in [0.05, 0.1) is 18.2 Å². The molecule has 0 spiro atoms.